The maximum atomic E-state index is 12.1. The monoisotopic (exact) mass is 367 g/mol. The third-order valence-corrected chi connectivity index (χ3v) is 4.91. The van der Waals surface area contributed by atoms with Crippen molar-refractivity contribution >= 4 is 29.9 Å². The first-order valence-corrected chi connectivity index (χ1v) is 8.91. The molecule has 1 aliphatic carbocycles. The number of benzene rings is 1. The van der Waals surface area contributed by atoms with E-state index in [1.165, 1.54) is 0 Å². The van der Waals surface area contributed by atoms with Crippen molar-refractivity contribution in [2.24, 2.45) is 17.6 Å². The summed E-state index contributed by atoms with van der Waals surface area (Å²) in [5, 5.41) is 5.87. The number of nitrogens with one attached hydrogen (secondary N) is 2. The third-order valence-electron chi connectivity index (χ3n) is 4.91. The fourth-order valence-electron chi connectivity index (χ4n) is 3.04. The molecule has 2 amide bonds. The number of rotatable bonds is 7. The number of hydrogen-bond donors (Lipinski definition) is 3. The zero-order valence-corrected chi connectivity index (χ0v) is 15.9. The Hall–Kier alpha value is -1.59. The van der Waals surface area contributed by atoms with E-state index in [-0.39, 0.29) is 36.2 Å². The number of nitrogens with two attached hydrogens (primary N) is 1. The van der Waals surface area contributed by atoms with E-state index in [1.807, 2.05) is 38.1 Å². The van der Waals surface area contributed by atoms with E-state index in [0.29, 0.717) is 18.9 Å². The Balaban J connectivity index is 0.00000312. The average molecular weight is 368 g/mol. The number of carbonyl (C=O) groups excluding carboxylic acids is 2. The van der Waals surface area contributed by atoms with Gasteiger partial charge in [-0.2, -0.15) is 0 Å². The summed E-state index contributed by atoms with van der Waals surface area (Å²) in [6.07, 6.45) is 4.51. The molecule has 1 fully saturated rings. The van der Waals surface area contributed by atoms with Gasteiger partial charge >= 0.3 is 0 Å². The van der Waals surface area contributed by atoms with Gasteiger partial charge in [0.25, 0.3) is 0 Å². The molecule has 1 aliphatic rings. The minimum atomic E-state index is -0.0102. The minimum Gasteiger partial charge on any atom is -0.352 e. The Morgan fingerprint density at radius 1 is 1.32 bits per heavy atom. The van der Waals surface area contributed by atoms with Crippen molar-refractivity contribution in [3.8, 4) is 0 Å². The van der Waals surface area contributed by atoms with Gasteiger partial charge in [0.15, 0.2) is 0 Å². The van der Waals surface area contributed by atoms with Crippen molar-refractivity contribution < 1.29 is 9.59 Å². The normalized spacial score (nSPS) is 20.4. The van der Waals surface area contributed by atoms with E-state index < -0.39 is 0 Å². The molecule has 0 aromatic heterocycles. The van der Waals surface area contributed by atoms with Crippen LogP contribution in [0.2, 0.25) is 0 Å². The summed E-state index contributed by atoms with van der Waals surface area (Å²) in [7, 11) is 0. The molecular formula is C19H30ClN3O2. The molecule has 0 aliphatic heterocycles. The fraction of sp³-hybridized carbons (Fsp3) is 0.579. The van der Waals surface area contributed by atoms with Gasteiger partial charge in [-0.25, -0.2) is 0 Å². The quantitative estimate of drug-likeness (QED) is 0.691. The second-order valence-corrected chi connectivity index (χ2v) is 6.83. The second kappa shape index (κ2) is 10.4. The highest BCUT2D eigenvalue weighted by Gasteiger charge is 2.25. The molecule has 4 N–H and O–H groups in total. The van der Waals surface area contributed by atoms with Crippen LogP contribution in [0.5, 0.6) is 0 Å². The molecule has 1 aromatic carbocycles. The predicted molar refractivity (Wildman–Crippen MR) is 104 cm³/mol. The van der Waals surface area contributed by atoms with E-state index in [2.05, 4.69) is 10.6 Å². The largest absolute Gasteiger partial charge is 0.352 e. The van der Waals surface area contributed by atoms with Gasteiger partial charge in [0.2, 0.25) is 11.8 Å². The molecule has 0 spiro atoms. The van der Waals surface area contributed by atoms with Gasteiger partial charge in [0, 0.05) is 30.6 Å². The van der Waals surface area contributed by atoms with Gasteiger partial charge in [-0.05, 0) is 42.9 Å². The summed E-state index contributed by atoms with van der Waals surface area (Å²) >= 11 is 0. The lowest BCUT2D eigenvalue weighted by Gasteiger charge is -2.15. The van der Waals surface area contributed by atoms with Crippen LogP contribution in [-0.2, 0) is 16.1 Å². The predicted octanol–water partition coefficient (Wildman–Crippen LogP) is 3.23. The van der Waals surface area contributed by atoms with Crippen LogP contribution in [0, 0.1) is 11.8 Å². The molecule has 0 heterocycles. The molecule has 6 heteroatoms. The van der Waals surface area contributed by atoms with Crippen molar-refractivity contribution in [1.29, 1.82) is 0 Å². The average Bonchev–Trinajstić information content (AvgIpc) is 2.97. The summed E-state index contributed by atoms with van der Waals surface area (Å²) in [6, 6.07) is 7.77. The minimum absolute atomic E-state index is 0. The number of anilines is 1. The van der Waals surface area contributed by atoms with E-state index >= 15 is 0 Å². The Bertz CT molecular complexity index is 580. The molecular weight excluding hydrogens is 338 g/mol. The van der Waals surface area contributed by atoms with Gasteiger partial charge in [0.1, 0.15) is 0 Å². The van der Waals surface area contributed by atoms with Crippen LogP contribution in [0.25, 0.3) is 0 Å². The molecule has 1 unspecified atom stereocenters. The van der Waals surface area contributed by atoms with Crippen LogP contribution < -0.4 is 16.4 Å². The van der Waals surface area contributed by atoms with E-state index in [1.54, 1.807) is 0 Å². The molecule has 0 radical (unpaired) electrons. The molecule has 5 nitrogen and oxygen atoms in total. The van der Waals surface area contributed by atoms with E-state index in [0.717, 1.165) is 36.9 Å². The topological polar surface area (TPSA) is 84.2 Å². The first-order valence-electron chi connectivity index (χ1n) is 8.91. The number of halogens is 1. The van der Waals surface area contributed by atoms with Gasteiger partial charge in [-0.1, -0.05) is 32.4 Å². The van der Waals surface area contributed by atoms with Crippen molar-refractivity contribution in [2.75, 3.05) is 5.32 Å². The zero-order valence-electron chi connectivity index (χ0n) is 15.1. The Morgan fingerprint density at radius 2 is 2.08 bits per heavy atom. The lowest BCUT2D eigenvalue weighted by molar-refractivity contribution is -0.122. The number of carbonyl (C=O) groups is 2. The van der Waals surface area contributed by atoms with Gasteiger partial charge in [-0.15, -0.1) is 12.4 Å². The van der Waals surface area contributed by atoms with Gasteiger partial charge < -0.3 is 16.4 Å². The van der Waals surface area contributed by atoms with Crippen LogP contribution in [0.1, 0.15) is 51.5 Å². The lowest BCUT2D eigenvalue weighted by atomic mass is 10.00. The summed E-state index contributed by atoms with van der Waals surface area (Å²) < 4.78 is 0. The number of amides is 2. The molecule has 3 atom stereocenters. The van der Waals surface area contributed by atoms with Crippen molar-refractivity contribution in [2.45, 2.75) is 58.5 Å². The van der Waals surface area contributed by atoms with Crippen LogP contribution in [0.3, 0.4) is 0 Å². The molecule has 25 heavy (non-hydrogen) atoms. The highest BCUT2D eigenvalue weighted by Crippen LogP contribution is 2.26. The Morgan fingerprint density at radius 3 is 2.72 bits per heavy atom. The van der Waals surface area contributed by atoms with E-state index in [4.69, 9.17) is 5.73 Å². The highest BCUT2D eigenvalue weighted by molar-refractivity contribution is 5.92. The first-order chi connectivity index (χ1) is 11.5. The summed E-state index contributed by atoms with van der Waals surface area (Å²) in [5.74, 6) is 0.371. The van der Waals surface area contributed by atoms with Gasteiger partial charge in [0.05, 0.1) is 0 Å². The van der Waals surface area contributed by atoms with Crippen molar-refractivity contribution in [3.05, 3.63) is 29.8 Å². The molecule has 140 valence electrons. The highest BCUT2D eigenvalue weighted by atomic mass is 35.5. The van der Waals surface area contributed by atoms with Crippen LogP contribution >= 0.6 is 12.4 Å². The Kier molecular flexibility index (Phi) is 8.93. The SMILES string of the molecule is CCC(C)C(=O)Nc1cccc(CNC(=O)C[C@@H]2CCC[C@H]2N)c1.Cl. The van der Waals surface area contributed by atoms with Crippen LogP contribution in [0.4, 0.5) is 5.69 Å². The summed E-state index contributed by atoms with van der Waals surface area (Å²) in [5.41, 5.74) is 7.76. The molecule has 0 bridgehead atoms. The molecule has 1 aromatic rings. The second-order valence-electron chi connectivity index (χ2n) is 6.83. The zero-order chi connectivity index (χ0) is 17.5. The van der Waals surface area contributed by atoms with Crippen LogP contribution in [-0.4, -0.2) is 17.9 Å². The maximum absolute atomic E-state index is 12.1. The molecule has 1 saturated carbocycles. The van der Waals surface area contributed by atoms with Crippen molar-refractivity contribution in [1.82, 2.24) is 5.32 Å². The van der Waals surface area contributed by atoms with Crippen LogP contribution in [0.15, 0.2) is 24.3 Å². The fourth-order valence-corrected chi connectivity index (χ4v) is 3.04. The number of hydrogen-bond acceptors (Lipinski definition) is 3. The summed E-state index contributed by atoms with van der Waals surface area (Å²) in [6.45, 7) is 4.37. The maximum Gasteiger partial charge on any atom is 0.227 e. The Labute approximate surface area is 156 Å². The molecule has 2 rings (SSSR count). The first kappa shape index (κ1) is 21.5. The van der Waals surface area contributed by atoms with Gasteiger partial charge in [-0.3, -0.25) is 9.59 Å². The molecule has 0 saturated heterocycles. The third kappa shape index (κ3) is 6.67. The smallest absolute Gasteiger partial charge is 0.227 e. The van der Waals surface area contributed by atoms with E-state index in [9.17, 15) is 9.59 Å². The lowest BCUT2D eigenvalue weighted by Crippen LogP contribution is -2.31. The summed E-state index contributed by atoms with van der Waals surface area (Å²) in [4.78, 5) is 24.0. The van der Waals surface area contributed by atoms with Crippen molar-refractivity contribution in [3.63, 3.8) is 0 Å². The standard InChI is InChI=1S/C19H29N3O2.ClH/c1-3-13(2)19(24)22-16-8-4-6-14(10-16)12-21-18(23)11-15-7-5-9-17(15)20;/h4,6,8,10,13,15,17H,3,5,7,9,11-12,20H2,1-2H3,(H,21,23)(H,22,24);1H/t13?,15-,17+;/m0./s1.